The molecule has 0 aromatic heterocycles. The molecule has 0 aliphatic rings. The molecule has 1 rings (SSSR count). The molecule has 0 aliphatic carbocycles. The molecule has 5 nitrogen and oxygen atoms in total. The van der Waals surface area contributed by atoms with Crippen molar-refractivity contribution in [2.24, 2.45) is 5.10 Å². The van der Waals surface area contributed by atoms with E-state index in [0.29, 0.717) is 5.69 Å². The van der Waals surface area contributed by atoms with Gasteiger partial charge in [-0.1, -0.05) is 0 Å². The molecule has 7 heteroatoms. The summed E-state index contributed by atoms with van der Waals surface area (Å²) in [6.45, 7) is 4.81. The SMILES string of the molecule is CSc1ccc(N/N=C(/C#N)CS(=O)(=O)C(C)(C)C)cc1. The summed E-state index contributed by atoms with van der Waals surface area (Å²) in [5.74, 6) is -0.372. The van der Waals surface area contributed by atoms with Crippen LogP contribution in [0.5, 0.6) is 0 Å². The van der Waals surface area contributed by atoms with Crippen LogP contribution in [0, 0.1) is 11.3 Å². The van der Waals surface area contributed by atoms with Gasteiger partial charge in [0.1, 0.15) is 11.8 Å². The average molecular weight is 325 g/mol. The standard InChI is InChI=1S/C14H19N3O2S2/c1-14(2,3)21(18,19)10-12(9-15)17-16-11-5-7-13(20-4)8-6-11/h5-8,16H,10H2,1-4H3/b17-12-. The van der Waals surface area contributed by atoms with Crippen LogP contribution in [0.1, 0.15) is 20.8 Å². The zero-order valence-corrected chi connectivity index (χ0v) is 14.2. The molecular formula is C14H19N3O2S2. The molecule has 0 heterocycles. The first kappa shape index (κ1) is 17.5. The van der Waals surface area contributed by atoms with Crippen molar-refractivity contribution >= 4 is 33.0 Å². The zero-order chi connectivity index (χ0) is 16.1. The van der Waals surface area contributed by atoms with Gasteiger partial charge in [-0.25, -0.2) is 8.42 Å². The van der Waals surface area contributed by atoms with Gasteiger partial charge in [-0.3, -0.25) is 5.43 Å². The zero-order valence-electron chi connectivity index (χ0n) is 12.5. The molecule has 0 fully saturated rings. The lowest BCUT2D eigenvalue weighted by Gasteiger charge is -2.18. The number of hydrogen-bond acceptors (Lipinski definition) is 6. The fourth-order valence-electron chi connectivity index (χ4n) is 1.28. The maximum atomic E-state index is 12.1. The molecule has 0 saturated heterocycles. The number of rotatable bonds is 5. The van der Waals surface area contributed by atoms with Crippen LogP contribution in [0.4, 0.5) is 5.69 Å². The topological polar surface area (TPSA) is 82.3 Å². The number of anilines is 1. The van der Waals surface area contributed by atoms with E-state index in [2.05, 4.69) is 10.5 Å². The van der Waals surface area contributed by atoms with Crippen LogP contribution < -0.4 is 5.43 Å². The fraction of sp³-hybridized carbons (Fsp3) is 0.429. The quantitative estimate of drug-likeness (QED) is 0.511. The molecule has 1 N–H and O–H groups in total. The number of hydrazone groups is 1. The van der Waals surface area contributed by atoms with E-state index < -0.39 is 14.6 Å². The summed E-state index contributed by atoms with van der Waals surface area (Å²) >= 11 is 1.62. The van der Waals surface area contributed by atoms with Crippen molar-refractivity contribution in [3.05, 3.63) is 24.3 Å². The van der Waals surface area contributed by atoms with Gasteiger partial charge in [0.25, 0.3) is 0 Å². The summed E-state index contributed by atoms with van der Waals surface area (Å²) in [6.07, 6.45) is 1.98. The summed E-state index contributed by atoms with van der Waals surface area (Å²) in [5.41, 5.74) is 3.36. The maximum Gasteiger partial charge on any atom is 0.161 e. The molecule has 0 unspecified atom stereocenters. The van der Waals surface area contributed by atoms with Crippen LogP contribution >= 0.6 is 11.8 Å². The first-order chi connectivity index (χ1) is 9.69. The van der Waals surface area contributed by atoms with E-state index in [1.54, 1.807) is 32.5 Å². The smallest absolute Gasteiger partial charge is 0.161 e. The Morgan fingerprint density at radius 3 is 2.33 bits per heavy atom. The van der Waals surface area contributed by atoms with Crippen LogP contribution in [0.3, 0.4) is 0 Å². The van der Waals surface area contributed by atoms with E-state index in [4.69, 9.17) is 5.26 Å². The van der Waals surface area contributed by atoms with Gasteiger partial charge in [0, 0.05) is 4.90 Å². The van der Waals surface area contributed by atoms with Gasteiger partial charge in [-0.2, -0.15) is 10.4 Å². The third-order valence-corrected chi connectivity index (χ3v) is 6.06. The molecule has 0 spiro atoms. The van der Waals surface area contributed by atoms with Crippen LogP contribution in [-0.2, 0) is 9.84 Å². The number of nitriles is 1. The largest absolute Gasteiger partial charge is 0.278 e. The highest BCUT2D eigenvalue weighted by molar-refractivity contribution is 7.98. The van der Waals surface area contributed by atoms with Crippen molar-refractivity contribution in [3.8, 4) is 6.07 Å². The monoisotopic (exact) mass is 325 g/mol. The predicted molar refractivity (Wildman–Crippen MR) is 88.4 cm³/mol. The molecule has 0 aliphatic heterocycles. The van der Waals surface area contributed by atoms with Gasteiger partial charge in [-0.05, 0) is 51.3 Å². The van der Waals surface area contributed by atoms with E-state index in [-0.39, 0.29) is 11.5 Å². The molecule has 1 aromatic rings. The summed E-state index contributed by atoms with van der Waals surface area (Å²) in [7, 11) is -3.42. The normalized spacial score (nSPS) is 12.8. The highest BCUT2D eigenvalue weighted by Crippen LogP contribution is 2.18. The van der Waals surface area contributed by atoms with Crippen LogP contribution in [-0.4, -0.2) is 30.9 Å². The number of nitrogens with one attached hydrogen (secondary N) is 1. The van der Waals surface area contributed by atoms with E-state index in [1.807, 2.05) is 36.6 Å². The van der Waals surface area contributed by atoms with Crippen molar-refractivity contribution < 1.29 is 8.42 Å². The van der Waals surface area contributed by atoms with E-state index in [0.717, 1.165) is 4.90 Å². The Labute approximate surface area is 130 Å². The highest BCUT2D eigenvalue weighted by atomic mass is 32.2. The third-order valence-electron chi connectivity index (χ3n) is 2.80. The molecule has 0 radical (unpaired) electrons. The molecular weight excluding hydrogens is 306 g/mol. The molecule has 0 atom stereocenters. The summed E-state index contributed by atoms with van der Waals surface area (Å²) in [6, 6.07) is 9.31. The lowest BCUT2D eigenvalue weighted by atomic mass is 10.3. The Hall–Kier alpha value is -1.52. The predicted octanol–water partition coefficient (Wildman–Crippen LogP) is 2.91. The Balaban J connectivity index is 2.84. The molecule has 1 aromatic carbocycles. The number of hydrogen-bond donors (Lipinski definition) is 1. The number of benzene rings is 1. The van der Waals surface area contributed by atoms with E-state index >= 15 is 0 Å². The van der Waals surface area contributed by atoms with Gasteiger partial charge in [0.2, 0.25) is 0 Å². The van der Waals surface area contributed by atoms with Gasteiger partial charge in [-0.15, -0.1) is 11.8 Å². The number of thioether (sulfide) groups is 1. The van der Waals surface area contributed by atoms with Gasteiger partial charge in [0.15, 0.2) is 15.5 Å². The van der Waals surface area contributed by atoms with Gasteiger partial charge < -0.3 is 0 Å². The Kier molecular flexibility index (Phi) is 5.81. The van der Waals surface area contributed by atoms with E-state index in [1.165, 1.54) is 0 Å². The Bertz CT molecular complexity index is 651. The van der Waals surface area contributed by atoms with Crippen LogP contribution in [0.25, 0.3) is 0 Å². The van der Waals surface area contributed by atoms with Crippen molar-refractivity contribution in [3.63, 3.8) is 0 Å². The Morgan fingerprint density at radius 2 is 1.90 bits per heavy atom. The second kappa shape index (κ2) is 6.96. The minimum Gasteiger partial charge on any atom is -0.278 e. The molecule has 0 amide bonds. The lowest BCUT2D eigenvalue weighted by Crippen LogP contribution is -2.33. The first-order valence-electron chi connectivity index (χ1n) is 6.28. The van der Waals surface area contributed by atoms with E-state index in [9.17, 15) is 8.42 Å². The van der Waals surface area contributed by atoms with Crippen molar-refractivity contribution in [1.29, 1.82) is 5.26 Å². The number of sulfone groups is 1. The maximum absolute atomic E-state index is 12.1. The minimum absolute atomic E-state index is 0.0566. The minimum atomic E-state index is -3.42. The molecule has 0 saturated carbocycles. The second-order valence-electron chi connectivity index (χ2n) is 5.38. The highest BCUT2D eigenvalue weighted by Gasteiger charge is 2.30. The summed E-state index contributed by atoms with van der Waals surface area (Å²) < 4.78 is 23.2. The lowest BCUT2D eigenvalue weighted by molar-refractivity contribution is 0.564. The molecule has 0 bridgehead atoms. The van der Waals surface area contributed by atoms with Crippen LogP contribution in [0.15, 0.2) is 34.3 Å². The average Bonchev–Trinajstić information content (AvgIpc) is 2.42. The molecule has 114 valence electrons. The van der Waals surface area contributed by atoms with Gasteiger partial charge in [0.05, 0.1) is 10.4 Å². The van der Waals surface area contributed by atoms with Crippen LogP contribution in [0.2, 0.25) is 0 Å². The third kappa shape index (κ3) is 5.06. The summed E-state index contributed by atoms with van der Waals surface area (Å²) in [5, 5.41) is 12.9. The van der Waals surface area contributed by atoms with Gasteiger partial charge >= 0.3 is 0 Å². The molecule has 21 heavy (non-hydrogen) atoms. The van der Waals surface area contributed by atoms with Crippen molar-refractivity contribution in [2.75, 3.05) is 17.4 Å². The Morgan fingerprint density at radius 1 is 1.33 bits per heavy atom. The number of nitrogens with zero attached hydrogens (tertiary/aromatic N) is 2. The first-order valence-corrected chi connectivity index (χ1v) is 9.16. The van der Waals surface area contributed by atoms with Crippen molar-refractivity contribution in [2.45, 2.75) is 30.4 Å². The fourth-order valence-corrected chi connectivity index (χ4v) is 2.61. The summed E-state index contributed by atoms with van der Waals surface area (Å²) in [4.78, 5) is 1.11. The van der Waals surface area contributed by atoms with Crippen molar-refractivity contribution in [1.82, 2.24) is 0 Å². The second-order valence-corrected chi connectivity index (χ2v) is 9.00.